The van der Waals surface area contributed by atoms with Gasteiger partial charge in [-0.2, -0.15) is 0 Å². The highest BCUT2D eigenvalue weighted by Crippen LogP contribution is 2.31. The molecule has 0 unspecified atom stereocenters. The maximum absolute atomic E-state index is 5.74. The quantitative estimate of drug-likeness (QED) is 0.774. The summed E-state index contributed by atoms with van der Waals surface area (Å²) in [6, 6.07) is 0. The number of halogens is 1. The molecule has 2 nitrogen and oxygen atoms in total. The molecule has 0 spiro atoms. The molecule has 0 N–H and O–H groups in total. The first-order valence-electron chi connectivity index (χ1n) is 4.04. The van der Waals surface area contributed by atoms with Crippen LogP contribution in [0.3, 0.4) is 0 Å². The molecule has 0 atom stereocenters. The first kappa shape index (κ1) is 8.29. The summed E-state index contributed by atoms with van der Waals surface area (Å²) in [6.07, 6.45) is 6.57. The minimum Gasteiger partial charge on any atom is -0.489 e. The fourth-order valence-corrected chi connectivity index (χ4v) is 1.74. The third-order valence-electron chi connectivity index (χ3n) is 1.84. The lowest BCUT2D eigenvalue weighted by Crippen LogP contribution is -2.00. The van der Waals surface area contributed by atoms with Gasteiger partial charge < -0.3 is 4.74 Å². The second-order valence-electron chi connectivity index (χ2n) is 3.08. The van der Waals surface area contributed by atoms with Gasteiger partial charge in [0.15, 0.2) is 0 Å². The highest BCUT2D eigenvalue weighted by molar-refractivity contribution is 14.1. The van der Waals surface area contributed by atoms with Gasteiger partial charge in [-0.25, -0.2) is 0 Å². The van der Waals surface area contributed by atoms with Crippen LogP contribution in [0.2, 0.25) is 0 Å². The SMILES string of the molecule is Cc1cncc(I)c1OC1CC1. The van der Waals surface area contributed by atoms with Crippen LogP contribution in [-0.2, 0) is 0 Å². The van der Waals surface area contributed by atoms with Crippen LogP contribution in [0.25, 0.3) is 0 Å². The summed E-state index contributed by atoms with van der Waals surface area (Å²) >= 11 is 2.26. The Morgan fingerprint density at radius 1 is 1.50 bits per heavy atom. The van der Waals surface area contributed by atoms with Gasteiger partial charge in [0.25, 0.3) is 0 Å². The fourth-order valence-electron chi connectivity index (χ4n) is 1.02. The fraction of sp³-hybridized carbons (Fsp3) is 0.444. The monoisotopic (exact) mass is 275 g/mol. The van der Waals surface area contributed by atoms with Gasteiger partial charge >= 0.3 is 0 Å². The normalized spacial score (nSPS) is 16.2. The van der Waals surface area contributed by atoms with E-state index in [9.17, 15) is 0 Å². The average Bonchev–Trinajstić information content (AvgIpc) is 2.80. The predicted octanol–water partition coefficient (Wildman–Crippen LogP) is 2.54. The van der Waals surface area contributed by atoms with Crippen LogP contribution in [0.1, 0.15) is 18.4 Å². The Labute approximate surface area is 85.5 Å². The molecule has 1 aromatic rings. The van der Waals surface area contributed by atoms with Crippen LogP contribution >= 0.6 is 22.6 Å². The molecule has 0 saturated heterocycles. The van der Waals surface area contributed by atoms with Crippen LogP contribution in [-0.4, -0.2) is 11.1 Å². The number of aryl methyl sites for hydroxylation is 1. The van der Waals surface area contributed by atoms with Crippen LogP contribution in [0.15, 0.2) is 12.4 Å². The largest absolute Gasteiger partial charge is 0.489 e. The topological polar surface area (TPSA) is 22.1 Å². The van der Waals surface area contributed by atoms with Crippen molar-refractivity contribution in [3.05, 3.63) is 21.5 Å². The summed E-state index contributed by atoms with van der Waals surface area (Å²) < 4.78 is 6.85. The summed E-state index contributed by atoms with van der Waals surface area (Å²) in [5.41, 5.74) is 1.13. The van der Waals surface area contributed by atoms with Crippen molar-refractivity contribution < 1.29 is 4.74 Å². The van der Waals surface area contributed by atoms with Crippen molar-refractivity contribution >= 4 is 22.6 Å². The van der Waals surface area contributed by atoms with Crippen molar-refractivity contribution in [1.82, 2.24) is 4.98 Å². The van der Waals surface area contributed by atoms with E-state index in [1.165, 1.54) is 12.8 Å². The second-order valence-corrected chi connectivity index (χ2v) is 4.25. The van der Waals surface area contributed by atoms with E-state index >= 15 is 0 Å². The maximum Gasteiger partial charge on any atom is 0.139 e. The van der Waals surface area contributed by atoms with Crippen molar-refractivity contribution in [1.29, 1.82) is 0 Å². The Bertz CT molecular complexity index is 276. The van der Waals surface area contributed by atoms with Crippen molar-refractivity contribution in [2.24, 2.45) is 0 Å². The lowest BCUT2D eigenvalue weighted by molar-refractivity contribution is 0.298. The molecule has 1 aromatic heterocycles. The molecule has 0 aliphatic heterocycles. The number of nitrogens with zero attached hydrogens (tertiary/aromatic N) is 1. The van der Waals surface area contributed by atoms with Crippen LogP contribution in [0.5, 0.6) is 5.75 Å². The first-order valence-corrected chi connectivity index (χ1v) is 5.12. The number of ether oxygens (including phenoxy) is 1. The lowest BCUT2D eigenvalue weighted by Gasteiger charge is -2.08. The van der Waals surface area contributed by atoms with Crippen molar-refractivity contribution in [3.63, 3.8) is 0 Å². The molecular formula is C9H10INO. The van der Waals surface area contributed by atoms with E-state index in [0.29, 0.717) is 6.10 Å². The molecule has 0 bridgehead atoms. The van der Waals surface area contributed by atoms with Crippen LogP contribution in [0.4, 0.5) is 0 Å². The highest BCUT2D eigenvalue weighted by atomic mass is 127. The number of hydrogen-bond acceptors (Lipinski definition) is 2. The van der Waals surface area contributed by atoms with E-state index in [1.54, 1.807) is 0 Å². The lowest BCUT2D eigenvalue weighted by atomic mass is 10.3. The number of rotatable bonds is 2. The maximum atomic E-state index is 5.74. The number of pyridine rings is 1. The van der Waals surface area contributed by atoms with E-state index in [2.05, 4.69) is 27.6 Å². The predicted molar refractivity (Wildman–Crippen MR) is 55.3 cm³/mol. The molecule has 3 heteroatoms. The molecule has 1 aliphatic rings. The summed E-state index contributed by atoms with van der Waals surface area (Å²) in [6.45, 7) is 2.03. The zero-order chi connectivity index (χ0) is 8.55. The zero-order valence-electron chi connectivity index (χ0n) is 6.88. The summed E-state index contributed by atoms with van der Waals surface area (Å²) in [5, 5.41) is 0. The Morgan fingerprint density at radius 2 is 2.25 bits per heavy atom. The molecule has 2 rings (SSSR count). The smallest absolute Gasteiger partial charge is 0.139 e. The summed E-state index contributed by atoms with van der Waals surface area (Å²) in [4.78, 5) is 4.08. The van der Waals surface area contributed by atoms with Crippen molar-refractivity contribution in [2.75, 3.05) is 0 Å². The van der Waals surface area contributed by atoms with Gasteiger partial charge in [-0.3, -0.25) is 4.98 Å². The Hall–Kier alpha value is -0.320. The first-order chi connectivity index (χ1) is 5.77. The van der Waals surface area contributed by atoms with E-state index in [-0.39, 0.29) is 0 Å². The van der Waals surface area contributed by atoms with Gasteiger partial charge in [-0.05, 0) is 42.4 Å². The molecular weight excluding hydrogens is 265 g/mol. The zero-order valence-corrected chi connectivity index (χ0v) is 9.04. The van der Waals surface area contributed by atoms with Gasteiger partial charge in [0.1, 0.15) is 5.75 Å². The number of aromatic nitrogens is 1. The van der Waals surface area contributed by atoms with E-state index < -0.39 is 0 Å². The molecule has 64 valence electrons. The van der Waals surface area contributed by atoms with E-state index in [4.69, 9.17) is 4.74 Å². The molecule has 12 heavy (non-hydrogen) atoms. The Balaban J connectivity index is 2.26. The van der Waals surface area contributed by atoms with Gasteiger partial charge in [0.05, 0.1) is 9.67 Å². The van der Waals surface area contributed by atoms with Gasteiger partial charge in [0, 0.05) is 18.0 Å². The summed E-state index contributed by atoms with van der Waals surface area (Å²) in [5.74, 6) is 1.02. The van der Waals surface area contributed by atoms with E-state index in [1.807, 2.05) is 19.3 Å². The van der Waals surface area contributed by atoms with E-state index in [0.717, 1.165) is 14.9 Å². The minimum absolute atomic E-state index is 0.472. The van der Waals surface area contributed by atoms with Crippen LogP contribution < -0.4 is 4.74 Å². The second kappa shape index (κ2) is 3.20. The third-order valence-corrected chi connectivity index (χ3v) is 2.61. The standard InChI is InChI=1S/C9H10INO/c1-6-4-11-5-8(10)9(6)12-7-2-3-7/h4-5,7H,2-3H2,1H3. The molecule has 1 saturated carbocycles. The van der Waals surface area contributed by atoms with Crippen molar-refractivity contribution in [3.8, 4) is 5.75 Å². The van der Waals surface area contributed by atoms with Gasteiger partial charge in [0.2, 0.25) is 0 Å². The van der Waals surface area contributed by atoms with Crippen molar-refractivity contribution in [2.45, 2.75) is 25.9 Å². The Kier molecular flexibility index (Phi) is 2.21. The molecule has 1 fully saturated rings. The van der Waals surface area contributed by atoms with Gasteiger partial charge in [-0.15, -0.1) is 0 Å². The highest BCUT2D eigenvalue weighted by Gasteiger charge is 2.24. The van der Waals surface area contributed by atoms with Crippen LogP contribution in [0, 0.1) is 10.5 Å². The molecule has 1 heterocycles. The molecule has 0 amide bonds. The average molecular weight is 275 g/mol. The molecule has 1 aliphatic carbocycles. The third kappa shape index (κ3) is 1.71. The Morgan fingerprint density at radius 3 is 2.83 bits per heavy atom. The summed E-state index contributed by atoms with van der Waals surface area (Å²) in [7, 11) is 0. The minimum atomic E-state index is 0.472. The number of hydrogen-bond donors (Lipinski definition) is 0. The van der Waals surface area contributed by atoms with Gasteiger partial charge in [-0.1, -0.05) is 0 Å². The molecule has 0 aromatic carbocycles. The molecule has 0 radical (unpaired) electrons.